The summed E-state index contributed by atoms with van der Waals surface area (Å²) >= 11 is 0. The number of urea groups is 1. The van der Waals surface area contributed by atoms with Crippen molar-refractivity contribution in [3.63, 3.8) is 0 Å². The van der Waals surface area contributed by atoms with Crippen molar-refractivity contribution in [1.82, 2.24) is 10.2 Å². The maximum atomic E-state index is 11.9. The van der Waals surface area contributed by atoms with Crippen LogP contribution in [0.2, 0.25) is 0 Å². The minimum atomic E-state index is -0.0284. The molecule has 1 atom stereocenters. The molecule has 0 saturated heterocycles. The maximum absolute atomic E-state index is 11.9. The van der Waals surface area contributed by atoms with Crippen LogP contribution in [0.1, 0.15) is 19.3 Å². The van der Waals surface area contributed by atoms with Gasteiger partial charge in [0.15, 0.2) is 0 Å². The molecule has 17 heavy (non-hydrogen) atoms. The van der Waals surface area contributed by atoms with E-state index < -0.39 is 0 Å². The van der Waals surface area contributed by atoms with Gasteiger partial charge in [-0.1, -0.05) is 24.3 Å². The Bertz CT molecular complexity index is 287. The number of nitrogens with one attached hydrogen (secondary N) is 1. The van der Waals surface area contributed by atoms with Gasteiger partial charge in [-0.2, -0.15) is 0 Å². The Hall–Kier alpha value is -1.51. The van der Waals surface area contributed by atoms with E-state index in [-0.39, 0.29) is 6.03 Å². The van der Waals surface area contributed by atoms with Gasteiger partial charge in [-0.05, 0) is 25.2 Å². The molecule has 1 aliphatic rings. The molecule has 0 aliphatic heterocycles. The van der Waals surface area contributed by atoms with Gasteiger partial charge in [0.05, 0.1) is 0 Å². The van der Waals surface area contributed by atoms with Crippen LogP contribution in [0.4, 0.5) is 4.79 Å². The maximum Gasteiger partial charge on any atom is 0.317 e. The third-order valence-corrected chi connectivity index (χ3v) is 2.91. The first-order valence-electron chi connectivity index (χ1n) is 6.17. The smallest absolute Gasteiger partial charge is 0.317 e. The molecule has 3 heteroatoms. The van der Waals surface area contributed by atoms with Crippen molar-refractivity contribution in [2.75, 3.05) is 19.6 Å². The molecule has 0 bridgehead atoms. The molecule has 1 rings (SSSR count). The van der Waals surface area contributed by atoms with Crippen LogP contribution in [-0.2, 0) is 0 Å². The molecule has 1 N–H and O–H groups in total. The summed E-state index contributed by atoms with van der Waals surface area (Å²) < 4.78 is 0. The molecule has 0 radical (unpaired) electrons. The van der Waals surface area contributed by atoms with E-state index in [1.54, 1.807) is 17.1 Å². The number of rotatable bonds is 6. The van der Waals surface area contributed by atoms with Crippen molar-refractivity contribution in [1.29, 1.82) is 0 Å². The number of nitrogens with zero attached hydrogens (tertiary/aromatic N) is 1. The van der Waals surface area contributed by atoms with Crippen LogP contribution in [0.5, 0.6) is 0 Å². The zero-order chi connectivity index (χ0) is 12.5. The summed E-state index contributed by atoms with van der Waals surface area (Å²) in [7, 11) is 0. The first-order chi connectivity index (χ1) is 8.27. The third kappa shape index (κ3) is 4.89. The van der Waals surface area contributed by atoms with Gasteiger partial charge in [0.1, 0.15) is 0 Å². The Morgan fingerprint density at radius 2 is 2.06 bits per heavy atom. The van der Waals surface area contributed by atoms with Crippen molar-refractivity contribution in [2.24, 2.45) is 5.92 Å². The second-order valence-electron chi connectivity index (χ2n) is 4.32. The summed E-state index contributed by atoms with van der Waals surface area (Å²) in [5.74, 6) is 0.582. The second-order valence-corrected chi connectivity index (χ2v) is 4.32. The van der Waals surface area contributed by atoms with Crippen molar-refractivity contribution >= 4 is 6.03 Å². The minimum Gasteiger partial charge on any atom is -0.338 e. The predicted molar refractivity (Wildman–Crippen MR) is 71.8 cm³/mol. The third-order valence-electron chi connectivity index (χ3n) is 2.91. The lowest BCUT2D eigenvalue weighted by molar-refractivity contribution is 0.206. The average molecular weight is 234 g/mol. The molecule has 0 aromatic carbocycles. The molecular weight excluding hydrogens is 212 g/mol. The molecular formula is C14H22N2O. The van der Waals surface area contributed by atoms with E-state index in [1.807, 2.05) is 0 Å². The summed E-state index contributed by atoms with van der Waals surface area (Å²) in [6.45, 7) is 9.17. The zero-order valence-corrected chi connectivity index (χ0v) is 10.4. The van der Waals surface area contributed by atoms with Crippen LogP contribution in [0.25, 0.3) is 0 Å². The highest BCUT2D eigenvalue weighted by Crippen LogP contribution is 2.16. The van der Waals surface area contributed by atoms with E-state index in [0.717, 1.165) is 19.4 Å². The average Bonchev–Trinajstić information content (AvgIpc) is 2.37. The van der Waals surface area contributed by atoms with Crippen LogP contribution in [0, 0.1) is 5.92 Å². The van der Waals surface area contributed by atoms with Crippen molar-refractivity contribution < 1.29 is 4.79 Å². The molecule has 0 heterocycles. The van der Waals surface area contributed by atoms with E-state index in [9.17, 15) is 4.79 Å². The fourth-order valence-electron chi connectivity index (χ4n) is 1.94. The van der Waals surface area contributed by atoms with Crippen molar-refractivity contribution in [3.05, 3.63) is 37.5 Å². The molecule has 0 fully saturated rings. The van der Waals surface area contributed by atoms with Gasteiger partial charge in [-0.25, -0.2) is 4.79 Å². The Balaban J connectivity index is 2.32. The number of allylic oxidation sites excluding steroid dienone is 2. The van der Waals surface area contributed by atoms with Gasteiger partial charge in [-0.3, -0.25) is 0 Å². The standard InChI is InChI=1S/C14H22N2O/c1-3-10-16(11-4-2)14(17)15-12-13-8-6-5-7-9-13/h3-6,13H,1-2,7-12H2,(H,15,17). The summed E-state index contributed by atoms with van der Waals surface area (Å²) in [4.78, 5) is 13.6. The molecule has 94 valence electrons. The van der Waals surface area contributed by atoms with Gasteiger partial charge < -0.3 is 10.2 Å². The lowest BCUT2D eigenvalue weighted by Crippen LogP contribution is -2.42. The second kappa shape index (κ2) is 7.71. The Morgan fingerprint density at radius 3 is 2.59 bits per heavy atom. The number of amides is 2. The summed E-state index contributed by atoms with van der Waals surface area (Å²) in [6.07, 6.45) is 11.2. The number of hydrogen-bond donors (Lipinski definition) is 1. The highest BCUT2D eigenvalue weighted by Gasteiger charge is 2.14. The lowest BCUT2D eigenvalue weighted by Gasteiger charge is -2.23. The van der Waals surface area contributed by atoms with Gasteiger partial charge >= 0.3 is 6.03 Å². The normalized spacial score (nSPS) is 18.5. The van der Waals surface area contributed by atoms with E-state index in [4.69, 9.17) is 0 Å². The Labute approximate surface area is 104 Å². The van der Waals surface area contributed by atoms with E-state index in [1.165, 1.54) is 6.42 Å². The van der Waals surface area contributed by atoms with Crippen molar-refractivity contribution in [3.8, 4) is 0 Å². The monoisotopic (exact) mass is 234 g/mol. The molecule has 0 aromatic heterocycles. The number of hydrogen-bond acceptors (Lipinski definition) is 1. The number of carbonyl (C=O) groups is 1. The fraction of sp³-hybridized carbons (Fsp3) is 0.500. The van der Waals surface area contributed by atoms with Crippen molar-refractivity contribution in [2.45, 2.75) is 19.3 Å². The fourth-order valence-corrected chi connectivity index (χ4v) is 1.94. The molecule has 2 amide bonds. The molecule has 0 aromatic rings. The van der Waals surface area contributed by atoms with Crippen LogP contribution < -0.4 is 5.32 Å². The van der Waals surface area contributed by atoms with Gasteiger partial charge in [0.2, 0.25) is 0 Å². The number of carbonyl (C=O) groups excluding carboxylic acids is 1. The zero-order valence-electron chi connectivity index (χ0n) is 10.4. The molecule has 0 saturated carbocycles. The lowest BCUT2D eigenvalue weighted by atomic mass is 9.94. The molecule has 0 spiro atoms. The van der Waals surface area contributed by atoms with Crippen LogP contribution in [-0.4, -0.2) is 30.6 Å². The quantitative estimate of drug-likeness (QED) is 0.704. The topological polar surface area (TPSA) is 32.3 Å². The molecule has 1 aliphatic carbocycles. The SMILES string of the molecule is C=CCN(CC=C)C(=O)NCC1CC=CCC1. The first-order valence-corrected chi connectivity index (χ1v) is 6.17. The summed E-state index contributed by atoms with van der Waals surface area (Å²) in [6, 6.07) is -0.0284. The van der Waals surface area contributed by atoms with Crippen LogP contribution >= 0.6 is 0 Å². The van der Waals surface area contributed by atoms with Crippen LogP contribution in [0.3, 0.4) is 0 Å². The summed E-state index contributed by atoms with van der Waals surface area (Å²) in [5.41, 5.74) is 0. The highest BCUT2D eigenvalue weighted by molar-refractivity contribution is 5.74. The van der Waals surface area contributed by atoms with Gasteiger partial charge in [0.25, 0.3) is 0 Å². The van der Waals surface area contributed by atoms with Gasteiger partial charge in [-0.15, -0.1) is 13.2 Å². The summed E-state index contributed by atoms with van der Waals surface area (Å²) in [5, 5.41) is 2.98. The first kappa shape index (κ1) is 13.6. The van der Waals surface area contributed by atoms with Gasteiger partial charge in [0, 0.05) is 19.6 Å². The van der Waals surface area contributed by atoms with E-state index in [2.05, 4.69) is 30.6 Å². The van der Waals surface area contributed by atoms with E-state index >= 15 is 0 Å². The minimum absolute atomic E-state index is 0.0284. The molecule has 3 nitrogen and oxygen atoms in total. The highest BCUT2D eigenvalue weighted by atomic mass is 16.2. The largest absolute Gasteiger partial charge is 0.338 e. The molecule has 1 unspecified atom stereocenters. The van der Waals surface area contributed by atoms with Crippen LogP contribution in [0.15, 0.2) is 37.5 Å². The van der Waals surface area contributed by atoms with E-state index in [0.29, 0.717) is 19.0 Å². The Kier molecular flexibility index (Phi) is 6.15. The Morgan fingerprint density at radius 1 is 1.35 bits per heavy atom. The predicted octanol–water partition coefficient (Wildman–Crippen LogP) is 2.73.